The monoisotopic (exact) mass is 403 g/mol. The van der Waals surface area contributed by atoms with Crippen LogP contribution >= 0.6 is 7.82 Å². The van der Waals surface area contributed by atoms with Gasteiger partial charge in [0.1, 0.15) is 6.10 Å². The minimum Gasteiger partial charge on any atom is -0.756 e. The summed E-state index contributed by atoms with van der Waals surface area (Å²) in [6, 6.07) is 0. The van der Waals surface area contributed by atoms with Gasteiger partial charge in [0.25, 0.3) is 7.82 Å². The molecule has 0 aromatic carbocycles. The van der Waals surface area contributed by atoms with Crippen molar-refractivity contribution in [3.63, 3.8) is 0 Å². The van der Waals surface area contributed by atoms with Gasteiger partial charge in [-0.05, 0) is 32.1 Å². The van der Waals surface area contributed by atoms with E-state index in [1.807, 2.05) is 0 Å². The summed E-state index contributed by atoms with van der Waals surface area (Å²) in [7, 11) is -4.03. The average Bonchev–Trinajstić information content (AvgIpc) is 2.99. The molecule has 0 saturated carbocycles. The molecule has 6 heteroatoms. The Morgan fingerprint density at radius 1 is 0.926 bits per heavy atom. The van der Waals surface area contributed by atoms with Crippen LogP contribution in [-0.4, -0.2) is 25.9 Å². The number of allylic oxidation sites excluding steroid dienone is 2. The first-order valence-corrected chi connectivity index (χ1v) is 12.5. The molecule has 1 aliphatic heterocycles. The molecule has 0 amide bonds. The summed E-state index contributed by atoms with van der Waals surface area (Å²) in [5, 5.41) is 0. The van der Waals surface area contributed by atoms with Gasteiger partial charge in [-0.2, -0.15) is 0 Å². The number of phosphoric ester groups is 1. The largest absolute Gasteiger partial charge is 0.756 e. The van der Waals surface area contributed by atoms with Gasteiger partial charge in [0, 0.05) is 6.61 Å². The van der Waals surface area contributed by atoms with Crippen LogP contribution in [0.25, 0.3) is 0 Å². The molecule has 0 radical (unpaired) electrons. The van der Waals surface area contributed by atoms with Gasteiger partial charge in [0.2, 0.25) is 0 Å². The summed E-state index contributed by atoms with van der Waals surface area (Å²) in [5.74, 6) is 0. The number of hydrogen-bond acceptors (Lipinski definition) is 5. The zero-order valence-electron chi connectivity index (χ0n) is 17.2. The van der Waals surface area contributed by atoms with E-state index in [0.29, 0.717) is 6.61 Å². The standard InChI is InChI=1S/C21H41O5P/c1-2-3-4-5-6-7-8-9-10-11-12-13-14-15-16-17-18-24-19-21-20-25-27(22,23)26-21/h9-10,21H,2-8,11-20H2,1H3,(H,22,23)/p-1/t21-/m1/s1. The van der Waals surface area contributed by atoms with Crippen LogP contribution in [0.2, 0.25) is 0 Å². The zero-order valence-corrected chi connectivity index (χ0v) is 18.1. The van der Waals surface area contributed by atoms with Crippen LogP contribution in [0.4, 0.5) is 0 Å². The molecule has 1 saturated heterocycles. The molecule has 27 heavy (non-hydrogen) atoms. The highest BCUT2D eigenvalue weighted by molar-refractivity contribution is 7.46. The van der Waals surface area contributed by atoms with Crippen molar-refractivity contribution in [2.75, 3.05) is 19.8 Å². The van der Waals surface area contributed by atoms with Gasteiger partial charge in [-0.25, -0.2) is 0 Å². The van der Waals surface area contributed by atoms with Crippen LogP contribution in [0.5, 0.6) is 0 Å². The lowest BCUT2D eigenvalue weighted by Gasteiger charge is -2.14. The van der Waals surface area contributed by atoms with E-state index in [-0.39, 0.29) is 13.2 Å². The van der Waals surface area contributed by atoms with E-state index in [9.17, 15) is 9.46 Å². The first kappa shape index (κ1) is 24.8. The van der Waals surface area contributed by atoms with Gasteiger partial charge in [0.05, 0.1) is 13.2 Å². The van der Waals surface area contributed by atoms with Crippen molar-refractivity contribution in [3.05, 3.63) is 12.2 Å². The Morgan fingerprint density at radius 3 is 2.04 bits per heavy atom. The number of unbranched alkanes of at least 4 members (excludes halogenated alkanes) is 12. The number of phosphoric acid groups is 1. The number of ether oxygens (including phenoxy) is 1. The lowest BCUT2D eigenvalue weighted by Crippen LogP contribution is -2.18. The Bertz CT molecular complexity index is 413. The van der Waals surface area contributed by atoms with Crippen molar-refractivity contribution in [1.82, 2.24) is 0 Å². The Hall–Kier alpha value is -0.190. The lowest BCUT2D eigenvalue weighted by atomic mass is 10.1. The molecular formula is C21H40O5P-. The van der Waals surface area contributed by atoms with Gasteiger partial charge in [-0.15, -0.1) is 0 Å². The molecule has 0 bridgehead atoms. The molecule has 5 nitrogen and oxygen atoms in total. The molecule has 0 aromatic heterocycles. The second kappa shape index (κ2) is 16.7. The third kappa shape index (κ3) is 15.4. The van der Waals surface area contributed by atoms with E-state index < -0.39 is 13.9 Å². The third-order valence-corrected chi connectivity index (χ3v) is 5.82. The third-order valence-electron chi connectivity index (χ3n) is 4.80. The van der Waals surface area contributed by atoms with Crippen LogP contribution in [0.15, 0.2) is 12.2 Å². The topological polar surface area (TPSA) is 67.8 Å². The SMILES string of the molecule is CCCCCCCCC=CCCCCCCCCOC[C@@H]1COP(=O)([O-])O1. The summed E-state index contributed by atoms with van der Waals surface area (Å²) in [6.45, 7) is 3.29. The van der Waals surface area contributed by atoms with E-state index in [1.165, 1.54) is 77.0 Å². The minimum atomic E-state index is -4.03. The fraction of sp³-hybridized carbons (Fsp3) is 0.905. The highest BCUT2D eigenvalue weighted by Crippen LogP contribution is 2.45. The van der Waals surface area contributed by atoms with E-state index in [2.05, 4.69) is 23.6 Å². The highest BCUT2D eigenvalue weighted by atomic mass is 31.2. The van der Waals surface area contributed by atoms with Gasteiger partial charge >= 0.3 is 0 Å². The van der Waals surface area contributed by atoms with E-state index in [4.69, 9.17) is 9.26 Å². The first-order chi connectivity index (χ1) is 13.1. The van der Waals surface area contributed by atoms with Crippen LogP contribution in [0, 0.1) is 0 Å². The van der Waals surface area contributed by atoms with Gasteiger partial charge in [0.15, 0.2) is 0 Å². The Balaban J connectivity index is 1.73. The average molecular weight is 404 g/mol. The zero-order chi connectivity index (χ0) is 19.6. The molecule has 0 N–H and O–H groups in total. The molecule has 2 atom stereocenters. The maximum absolute atomic E-state index is 11.0. The number of rotatable bonds is 18. The second-order valence-corrected chi connectivity index (χ2v) is 8.85. The van der Waals surface area contributed by atoms with Crippen LogP contribution in [0.1, 0.15) is 96.8 Å². The van der Waals surface area contributed by atoms with Crippen LogP contribution in [0.3, 0.4) is 0 Å². The normalized spacial score (nSPS) is 22.8. The molecule has 0 aromatic rings. The van der Waals surface area contributed by atoms with Gasteiger partial charge < -0.3 is 18.7 Å². The van der Waals surface area contributed by atoms with Crippen LogP contribution in [-0.2, 0) is 18.3 Å². The van der Waals surface area contributed by atoms with Crippen molar-refractivity contribution in [2.24, 2.45) is 0 Å². The quantitative estimate of drug-likeness (QED) is 0.161. The van der Waals surface area contributed by atoms with Gasteiger partial charge in [-0.3, -0.25) is 4.57 Å². The smallest absolute Gasteiger partial charge is 0.268 e. The fourth-order valence-electron chi connectivity index (χ4n) is 3.16. The predicted molar refractivity (Wildman–Crippen MR) is 109 cm³/mol. The molecule has 1 fully saturated rings. The molecule has 1 heterocycles. The van der Waals surface area contributed by atoms with E-state index in [0.717, 1.165) is 12.8 Å². The van der Waals surface area contributed by atoms with Crippen molar-refractivity contribution < 1.29 is 23.2 Å². The molecule has 1 unspecified atom stereocenters. The summed E-state index contributed by atoms with van der Waals surface area (Å²) in [5.41, 5.74) is 0. The first-order valence-electron chi connectivity index (χ1n) is 11.0. The minimum absolute atomic E-state index is 0.0776. The number of hydrogen-bond donors (Lipinski definition) is 0. The lowest BCUT2D eigenvalue weighted by molar-refractivity contribution is -0.215. The van der Waals surface area contributed by atoms with Crippen molar-refractivity contribution in [1.29, 1.82) is 0 Å². The highest BCUT2D eigenvalue weighted by Gasteiger charge is 2.27. The summed E-state index contributed by atoms with van der Waals surface area (Å²) >= 11 is 0. The Morgan fingerprint density at radius 2 is 1.48 bits per heavy atom. The van der Waals surface area contributed by atoms with Gasteiger partial charge in [-0.1, -0.05) is 76.9 Å². The maximum atomic E-state index is 11.0. The molecule has 0 aliphatic carbocycles. The molecule has 160 valence electrons. The van der Waals surface area contributed by atoms with Crippen LogP contribution < -0.4 is 4.89 Å². The summed E-state index contributed by atoms with van der Waals surface area (Å²) in [6.07, 6.45) is 22.2. The van der Waals surface area contributed by atoms with E-state index in [1.54, 1.807) is 0 Å². The van der Waals surface area contributed by atoms with Crippen molar-refractivity contribution in [2.45, 2.75) is 103 Å². The maximum Gasteiger partial charge on any atom is 0.268 e. The Labute approximate surface area is 166 Å². The molecular weight excluding hydrogens is 363 g/mol. The summed E-state index contributed by atoms with van der Waals surface area (Å²) < 4.78 is 25.7. The van der Waals surface area contributed by atoms with Crippen molar-refractivity contribution in [3.8, 4) is 0 Å². The fourth-order valence-corrected chi connectivity index (χ4v) is 4.06. The Kier molecular flexibility index (Phi) is 15.4. The summed E-state index contributed by atoms with van der Waals surface area (Å²) in [4.78, 5) is 11.0. The van der Waals surface area contributed by atoms with E-state index >= 15 is 0 Å². The predicted octanol–water partition coefficient (Wildman–Crippen LogP) is 5.92. The molecule has 1 rings (SSSR count). The van der Waals surface area contributed by atoms with Crippen molar-refractivity contribution >= 4 is 7.82 Å². The second-order valence-electron chi connectivity index (χ2n) is 7.48. The molecule has 0 spiro atoms. The molecule has 1 aliphatic rings.